The van der Waals surface area contributed by atoms with Crippen molar-refractivity contribution in [3.05, 3.63) is 58.5 Å². The van der Waals surface area contributed by atoms with Crippen LogP contribution in [0.15, 0.2) is 36.0 Å². The Morgan fingerprint density at radius 2 is 1.75 bits per heavy atom. The Morgan fingerprint density at radius 3 is 2.33 bits per heavy atom. The van der Waals surface area contributed by atoms with Gasteiger partial charge in [-0.1, -0.05) is 17.7 Å². The van der Waals surface area contributed by atoms with Crippen molar-refractivity contribution in [1.82, 2.24) is 14.8 Å². The molecule has 24 heavy (non-hydrogen) atoms. The van der Waals surface area contributed by atoms with Crippen LogP contribution >= 0.6 is 0 Å². The molecule has 1 aromatic heterocycles. The Hall–Kier alpha value is -2.82. The second-order valence-corrected chi connectivity index (χ2v) is 6.04. The fraction of sp³-hybridized carbons (Fsp3) is 0.263. The van der Waals surface area contributed by atoms with Crippen molar-refractivity contribution in [2.75, 3.05) is 6.54 Å². The summed E-state index contributed by atoms with van der Waals surface area (Å²) < 4.78 is 2.14. The summed E-state index contributed by atoms with van der Waals surface area (Å²) >= 11 is 0. The van der Waals surface area contributed by atoms with Gasteiger partial charge in [0.15, 0.2) is 0 Å². The maximum absolute atomic E-state index is 12.2. The van der Waals surface area contributed by atoms with E-state index in [4.69, 9.17) is 0 Å². The average Bonchev–Trinajstić information content (AvgIpc) is 2.97. The van der Waals surface area contributed by atoms with E-state index in [9.17, 15) is 9.59 Å². The molecule has 0 bridgehead atoms. The van der Waals surface area contributed by atoms with E-state index in [-0.39, 0.29) is 11.9 Å². The molecule has 3 rings (SSSR count). The minimum Gasteiger partial charge on any atom is -0.318 e. The maximum Gasteiger partial charge on any atom is 0.328 e. The second-order valence-electron chi connectivity index (χ2n) is 6.04. The van der Waals surface area contributed by atoms with Crippen molar-refractivity contribution >= 4 is 18.0 Å². The van der Waals surface area contributed by atoms with E-state index in [2.05, 4.69) is 41.1 Å². The summed E-state index contributed by atoms with van der Waals surface area (Å²) in [4.78, 5) is 25.2. The van der Waals surface area contributed by atoms with Gasteiger partial charge in [-0.15, -0.1) is 0 Å². The molecular formula is C19H21N3O2. The van der Waals surface area contributed by atoms with Crippen molar-refractivity contribution in [3.8, 4) is 5.69 Å². The Balaban J connectivity index is 2.01. The second kappa shape index (κ2) is 6.00. The highest BCUT2D eigenvalue weighted by atomic mass is 16.2. The molecule has 0 atom stereocenters. The quantitative estimate of drug-likeness (QED) is 0.696. The topological polar surface area (TPSA) is 54.3 Å². The molecule has 0 saturated carbocycles. The van der Waals surface area contributed by atoms with Crippen LogP contribution in [-0.4, -0.2) is 28.0 Å². The lowest BCUT2D eigenvalue weighted by Crippen LogP contribution is -2.30. The molecule has 0 aliphatic carbocycles. The van der Waals surface area contributed by atoms with E-state index in [0.29, 0.717) is 12.2 Å². The first kappa shape index (κ1) is 16.1. The molecule has 1 aliphatic heterocycles. The number of benzene rings is 1. The number of aryl methyl sites for hydroxylation is 2. The molecule has 1 aromatic carbocycles. The predicted octanol–water partition coefficient (Wildman–Crippen LogP) is 3.32. The van der Waals surface area contributed by atoms with E-state index in [1.54, 1.807) is 13.0 Å². The Morgan fingerprint density at radius 1 is 1.08 bits per heavy atom. The van der Waals surface area contributed by atoms with Crippen molar-refractivity contribution in [2.24, 2.45) is 0 Å². The van der Waals surface area contributed by atoms with E-state index < -0.39 is 0 Å². The summed E-state index contributed by atoms with van der Waals surface area (Å²) in [5, 5.41) is 2.65. The van der Waals surface area contributed by atoms with Crippen molar-refractivity contribution in [3.63, 3.8) is 0 Å². The van der Waals surface area contributed by atoms with Gasteiger partial charge in [-0.25, -0.2) is 4.79 Å². The molecule has 2 heterocycles. The van der Waals surface area contributed by atoms with Crippen LogP contribution in [0.5, 0.6) is 0 Å². The van der Waals surface area contributed by atoms with E-state index in [0.717, 1.165) is 22.6 Å². The third-order valence-corrected chi connectivity index (χ3v) is 4.34. The minimum atomic E-state index is -0.360. The Labute approximate surface area is 141 Å². The predicted molar refractivity (Wildman–Crippen MR) is 93.9 cm³/mol. The number of rotatable bonds is 3. The lowest BCUT2D eigenvalue weighted by atomic mass is 10.2. The number of hydrogen-bond acceptors (Lipinski definition) is 2. The molecule has 0 radical (unpaired) electrons. The standard InChI is InChI=1S/C19H21N3O2/c1-5-21-18(23)17(20-19(21)24)11-15-10-13(3)22(14(15)4)16-8-6-12(2)7-9-16/h6-11H,5H2,1-4H3,(H,20,24)/b17-11-. The number of carbonyl (C=O) groups is 2. The van der Waals surface area contributed by atoms with Crippen molar-refractivity contribution in [2.45, 2.75) is 27.7 Å². The van der Waals surface area contributed by atoms with Crippen LogP contribution in [0.25, 0.3) is 11.8 Å². The third-order valence-electron chi connectivity index (χ3n) is 4.34. The van der Waals surface area contributed by atoms with Crippen molar-refractivity contribution < 1.29 is 9.59 Å². The zero-order valence-electron chi connectivity index (χ0n) is 14.4. The summed E-state index contributed by atoms with van der Waals surface area (Å²) in [7, 11) is 0. The van der Waals surface area contributed by atoms with Crippen LogP contribution in [0, 0.1) is 20.8 Å². The number of carbonyl (C=O) groups excluding carboxylic acids is 2. The van der Waals surface area contributed by atoms with Crippen molar-refractivity contribution in [1.29, 1.82) is 0 Å². The van der Waals surface area contributed by atoms with Gasteiger partial charge in [-0.3, -0.25) is 9.69 Å². The average molecular weight is 323 g/mol. The number of nitrogens with one attached hydrogen (secondary N) is 1. The van der Waals surface area contributed by atoms with Gasteiger partial charge < -0.3 is 9.88 Å². The lowest BCUT2D eigenvalue weighted by Gasteiger charge is -2.10. The van der Waals surface area contributed by atoms with Gasteiger partial charge in [0.05, 0.1) is 0 Å². The van der Waals surface area contributed by atoms with Crippen LogP contribution < -0.4 is 5.32 Å². The number of imide groups is 1. The molecule has 124 valence electrons. The molecule has 0 spiro atoms. The maximum atomic E-state index is 12.2. The first-order chi connectivity index (χ1) is 11.4. The number of hydrogen-bond donors (Lipinski definition) is 1. The molecule has 5 heteroatoms. The molecule has 1 saturated heterocycles. The number of aromatic nitrogens is 1. The molecule has 0 unspecified atom stereocenters. The van der Waals surface area contributed by atoms with Crippen LogP contribution in [-0.2, 0) is 4.79 Å². The molecule has 5 nitrogen and oxygen atoms in total. The van der Waals surface area contributed by atoms with Gasteiger partial charge >= 0.3 is 6.03 Å². The fourth-order valence-corrected chi connectivity index (χ4v) is 3.04. The van der Waals surface area contributed by atoms with Crippen LogP contribution in [0.3, 0.4) is 0 Å². The number of nitrogens with zero attached hydrogens (tertiary/aromatic N) is 2. The number of amides is 3. The van der Waals surface area contributed by atoms with Gasteiger partial charge in [0.25, 0.3) is 5.91 Å². The highest BCUT2D eigenvalue weighted by Crippen LogP contribution is 2.24. The first-order valence-corrected chi connectivity index (χ1v) is 8.03. The smallest absolute Gasteiger partial charge is 0.318 e. The number of likely N-dealkylation sites (N-methyl/N-ethyl adjacent to an activating group) is 1. The normalized spacial score (nSPS) is 16.2. The van der Waals surface area contributed by atoms with Crippen LogP contribution in [0.1, 0.15) is 29.4 Å². The van der Waals surface area contributed by atoms with Gasteiger partial charge in [0.1, 0.15) is 5.70 Å². The van der Waals surface area contributed by atoms with Crippen LogP contribution in [0.2, 0.25) is 0 Å². The van der Waals surface area contributed by atoms with E-state index in [1.807, 2.05) is 19.9 Å². The first-order valence-electron chi connectivity index (χ1n) is 8.03. The molecule has 1 aliphatic rings. The molecule has 1 N–H and O–H groups in total. The van der Waals surface area contributed by atoms with Crippen LogP contribution in [0.4, 0.5) is 4.79 Å². The van der Waals surface area contributed by atoms with E-state index in [1.165, 1.54) is 10.5 Å². The number of urea groups is 1. The Kier molecular flexibility index (Phi) is 4.01. The summed E-state index contributed by atoms with van der Waals surface area (Å²) in [5.41, 5.74) is 5.65. The minimum absolute atomic E-state index is 0.275. The zero-order chi connectivity index (χ0) is 17.4. The zero-order valence-corrected chi connectivity index (χ0v) is 14.4. The largest absolute Gasteiger partial charge is 0.328 e. The summed E-state index contributed by atoms with van der Waals surface area (Å²) in [6, 6.07) is 9.97. The third kappa shape index (κ3) is 2.62. The summed E-state index contributed by atoms with van der Waals surface area (Å²) in [6.45, 7) is 8.25. The molecule has 1 fully saturated rings. The summed E-state index contributed by atoms with van der Waals surface area (Å²) in [5.74, 6) is -0.275. The van der Waals surface area contributed by atoms with Gasteiger partial charge in [-0.05, 0) is 57.5 Å². The Bertz CT molecular complexity index is 844. The highest BCUT2D eigenvalue weighted by molar-refractivity contribution is 6.14. The van der Waals surface area contributed by atoms with Gasteiger partial charge in [0, 0.05) is 23.6 Å². The van der Waals surface area contributed by atoms with E-state index >= 15 is 0 Å². The molecular weight excluding hydrogens is 302 g/mol. The SMILES string of the molecule is CCN1C(=O)N/C(=C\c2cc(C)n(-c3ccc(C)cc3)c2C)C1=O. The van der Waals surface area contributed by atoms with Gasteiger partial charge in [-0.2, -0.15) is 0 Å². The highest BCUT2D eigenvalue weighted by Gasteiger charge is 2.32. The monoisotopic (exact) mass is 323 g/mol. The summed E-state index contributed by atoms with van der Waals surface area (Å²) in [6.07, 6.45) is 1.75. The molecule has 3 amide bonds. The lowest BCUT2D eigenvalue weighted by molar-refractivity contribution is -0.122. The fourth-order valence-electron chi connectivity index (χ4n) is 3.04. The molecule has 2 aromatic rings. The van der Waals surface area contributed by atoms with Gasteiger partial charge in [0.2, 0.25) is 0 Å².